The highest BCUT2D eigenvalue weighted by Gasteiger charge is 2.44. The lowest BCUT2D eigenvalue weighted by Gasteiger charge is -2.33. The third-order valence-electron chi connectivity index (χ3n) is 6.31. The maximum atomic E-state index is 5.87. The van der Waals surface area contributed by atoms with Crippen molar-refractivity contribution in [1.82, 2.24) is 19.8 Å². The number of benzene rings is 1. The van der Waals surface area contributed by atoms with Crippen molar-refractivity contribution in [1.29, 1.82) is 0 Å². The van der Waals surface area contributed by atoms with Crippen molar-refractivity contribution in [3.05, 3.63) is 83.9 Å². The first-order valence-corrected chi connectivity index (χ1v) is 10.9. The van der Waals surface area contributed by atoms with Crippen LogP contribution >= 0.6 is 12.2 Å². The van der Waals surface area contributed by atoms with E-state index in [1.807, 2.05) is 12.3 Å². The summed E-state index contributed by atoms with van der Waals surface area (Å²) in [5.74, 6) is 0. The monoisotopic (exact) mass is 402 g/mol. The molecule has 148 valence electrons. The molecule has 5 rings (SSSR count). The predicted molar refractivity (Wildman–Crippen MR) is 120 cm³/mol. The molecule has 2 atom stereocenters. The molecule has 0 unspecified atom stereocenters. The van der Waals surface area contributed by atoms with Gasteiger partial charge in [0.25, 0.3) is 0 Å². The van der Waals surface area contributed by atoms with E-state index in [1.165, 1.54) is 42.6 Å². The van der Waals surface area contributed by atoms with Crippen molar-refractivity contribution in [3.8, 4) is 5.69 Å². The second-order valence-corrected chi connectivity index (χ2v) is 8.45. The molecule has 2 aliphatic rings. The highest BCUT2D eigenvalue weighted by molar-refractivity contribution is 7.80. The lowest BCUT2D eigenvalue weighted by molar-refractivity contribution is 0.239. The predicted octanol–water partition coefficient (Wildman–Crippen LogP) is 5.10. The van der Waals surface area contributed by atoms with Crippen molar-refractivity contribution in [2.75, 3.05) is 0 Å². The van der Waals surface area contributed by atoms with Crippen molar-refractivity contribution in [3.63, 3.8) is 0 Å². The van der Waals surface area contributed by atoms with Crippen LogP contribution in [0.2, 0.25) is 0 Å². The summed E-state index contributed by atoms with van der Waals surface area (Å²) in [5.41, 5.74) is 4.78. The van der Waals surface area contributed by atoms with Crippen LogP contribution in [-0.4, -0.2) is 25.6 Å². The van der Waals surface area contributed by atoms with Crippen LogP contribution in [0.15, 0.2) is 67.0 Å². The van der Waals surface area contributed by atoms with E-state index in [-0.39, 0.29) is 12.1 Å². The van der Waals surface area contributed by atoms with Gasteiger partial charge in [0.05, 0.1) is 17.8 Å². The highest BCUT2D eigenvalue weighted by Crippen LogP contribution is 2.43. The summed E-state index contributed by atoms with van der Waals surface area (Å²) in [4.78, 5) is 7.14. The molecule has 2 aromatic heterocycles. The number of nitrogens with zero attached hydrogens (tertiary/aromatic N) is 3. The van der Waals surface area contributed by atoms with Gasteiger partial charge in [-0.3, -0.25) is 4.98 Å². The summed E-state index contributed by atoms with van der Waals surface area (Å²) in [6, 6.07) is 19.7. The molecule has 1 aliphatic carbocycles. The van der Waals surface area contributed by atoms with Gasteiger partial charge in [0.15, 0.2) is 5.11 Å². The van der Waals surface area contributed by atoms with E-state index in [9.17, 15) is 0 Å². The molecule has 0 bridgehead atoms. The number of hydrogen-bond acceptors (Lipinski definition) is 2. The molecule has 0 amide bonds. The summed E-state index contributed by atoms with van der Waals surface area (Å²) in [5, 5.41) is 4.47. The molecule has 4 nitrogen and oxygen atoms in total. The average molecular weight is 403 g/mol. The zero-order valence-electron chi connectivity index (χ0n) is 16.7. The molecule has 3 heterocycles. The number of aryl methyl sites for hydroxylation is 1. The van der Waals surface area contributed by atoms with Gasteiger partial charge in [0.2, 0.25) is 0 Å². The molecule has 1 N–H and O–H groups in total. The summed E-state index contributed by atoms with van der Waals surface area (Å²) in [6.45, 7) is 2.17. The Morgan fingerprint density at radius 3 is 2.55 bits per heavy atom. The molecule has 1 aromatic carbocycles. The van der Waals surface area contributed by atoms with Crippen LogP contribution < -0.4 is 5.32 Å². The van der Waals surface area contributed by atoms with Gasteiger partial charge in [-0.15, -0.1) is 0 Å². The van der Waals surface area contributed by atoms with Crippen LogP contribution in [0, 0.1) is 6.92 Å². The van der Waals surface area contributed by atoms with E-state index in [2.05, 4.69) is 81.4 Å². The Morgan fingerprint density at radius 2 is 1.79 bits per heavy atom. The highest BCUT2D eigenvalue weighted by atomic mass is 32.1. The first-order chi connectivity index (χ1) is 14.2. The zero-order valence-corrected chi connectivity index (χ0v) is 17.5. The number of aromatic nitrogens is 2. The Morgan fingerprint density at radius 1 is 1.00 bits per heavy atom. The molecule has 1 saturated heterocycles. The minimum absolute atomic E-state index is 0.0435. The lowest BCUT2D eigenvalue weighted by Crippen LogP contribution is -2.38. The van der Waals surface area contributed by atoms with E-state index in [4.69, 9.17) is 12.2 Å². The molecule has 1 saturated carbocycles. The Balaban J connectivity index is 1.64. The topological polar surface area (TPSA) is 33.1 Å². The van der Waals surface area contributed by atoms with Crippen molar-refractivity contribution >= 4 is 17.3 Å². The van der Waals surface area contributed by atoms with Gasteiger partial charge in [-0.05, 0) is 67.9 Å². The molecule has 2 fully saturated rings. The van der Waals surface area contributed by atoms with Crippen LogP contribution in [0.25, 0.3) is 5.69 Å². The second kappa shape index (κ2) is 7.64. The minimum atomic E-state index is 0.0435. The maximum Gasteiger partial charge on any atom is 0.170 e. The SMILES string of the molecule is Cc1ccccc1-n1cccc1[C@@H]1[C@@H](c2ccccn2)NC(=S)N1C1CCCC1. The van der Waals surface area contributed by atoms with Crippen molar-refractivity contribution in [2.24, 2.45) is 0 Å². The Labute approximate surface area is 177 Å². The van der Waals surface area contributed by atoms with Gasteiger partial charge < -0.3 is 14.8 Å². The van der Waals surface area contributed by atoms with Crippen LogP contribution in [0.5, 0.6) is 0 Å². The van der Waals surface area contributed by atoms with Crippen LogP contribution in [0.4, 0.5) is 0 Å². The van der Waals surface area contributed by atoms with Crippen LogP contribution in [0.1, 0.15) is 54.7 Å². The normalized spacial score (nSPS) is 22.2. The maximum absolute atomic E-state index is 5.87. The van der Waals surface area contributed by atoms with E-state index in [1.54, 1.807) is 0 Å². The molecule has 0 radical (unpaired) electrons. The van der Waals surface area contributed by atoms with Crippen LogP contribution in [0.3, 0.4) is 0 Å². The third kappa shape index (κ3) is 3.23. The fourth-order valence-electron chi connectivity index (χ4n) is 4.95. The molecule has 1 aliphatic heterocycles. The van der Waals surface area contributed by atoms with Gasteiger partial charge in [0.1, 0.15) is 0 Å². The van der Waals surface area contributed by atoms with E-state index in [0.717, 1.165) is 10.8 Å². The summed E-state index contributed by atoms with van der Waals surface area (Å²) >= 11 is 5.87. The van der Waals surface area contributed by atoms with Crippen molar-refractivity contribution in [2.45, 2.75) is 50.7 Å². The van der Waals surface area contributed by atoms with Gasteiger partial charge >= 0.3 is 0 Å². The molecular weight excluding hydrogens is 376 g/mol. The Bertz CT molecular complexity index is 1010. The number of nitrogens with one attached hydrogen (secondary N) is 1. The molecule has 5 heteroatoms. The summed E-state index contributed by atoms with van der Waals surface area (Å²) in [7, 11) is 0. The van der Waals surface area contributed by atoms with Crippen LogP contribution in [-0.2, 0) is 0 Å². The third-order valence-corrected chi connectivity index (χ3v) is 6.64. The number of para-hydroxylation sites is 1. The molecule has 29 heavy (non-hydrogen) atoms. The molecule has 0 spiro atoms. The van der Waals surface area contributed by atoms with Gasteiger partial charge in [-0.1, -0.05) is 37.1 Å². The standard InChI is InChI=1S/C24H26N4S/c1-17-9-2-5-13-20(17)27-16-8-14-21(27)23-22(19-12-6-7-15-25-19)26-24(29)28(23)18-10-3-4-11-18/h2,5-9,12-16,18,22-23H,3-4,10-11H2,1H3,(H,26,29)/t22-,23-/m1/s1. The number of hydrogen-bond donors (Lipinski definition) is 1. The second-order valence-electron chi connectivity index (χ2n) is 8.06. The number of thiocarbonyl (C=S) groups is 1. The van der Waals surface area contributed by atoms with Gasteiger partial charge in [0, 0.05) is 29.8 Å². The summed E-state index contributed by atoms with van der Waals surface area (Å²) < 4.78 is 2.33. The lowest BCUT2D eigenvalue weighted by atomic mass is 9.99. The fourth-order valence-corrected chi connectivity index (χ4v) is 5.34. The molecular formula is C24H26N4S. The fraction of sp³-hybridized carbons (Fsp3) is 0.333. The first kappa shape index (κ1) is 18.4. The quantitative estimate of drug-likeness (QED) is 0.616. The Hall–Kier alpha value is -2.66. The largest absolute Gasteiger partial charge is 0.352 e. The average Bonchev–Trinajstić information content (AvgIpc) is 3.48. The van der Waals surface area contributed by atoms with E-state index in [0.29, 0.717) is 6.04 Å². The van der Waals surface area contributed by atoms with Gasteiger partial charge in [-0.2, -0.15) is 0 Å². The van der Waals surface area contributed by atoms with E-state index >= 15 is 0 Å². The number of pyridine rings is 1. The number of rotatable bonds is 4. The summed E-state index contributed by atoms with van der Waals surface area (Å²) in [6.07, 6.45) is 9.01. The molecule has 3 aromatic rings. The zero-order chi connectivity index (χ0) is 19.8. The minimum Gasteiger partial charge on any atom is -0.352 e. The van der Waals surface area contributed by atoms with E-state index < -0.39 is 0 Å². The van der Waals surface area contributed by atoms with Crippen molar-refractivity contribution < 1.29 is 0 Å². The Kier molecular flexibility index (Phi) is 4.84. The smallest absolute Gasteiger partial charge is 0.170 e. The van der Waals surface area contributed by atoms with Gasteiger partial charge in [-0.25, -0.2) is 0 Å². The first-order valence-electron chi connectivity index (χ1n) is 10.5.